The molecule has 0 unspecified atom stereocenters. The molecule has 20 heavy (non-hydrogen) atoms. The molecule has 2 amide bonds. The van der Waals surface area contributed by atoms with Crippen molar-refractivity contribution in [1.29, 1.82) is 0 Å². The van der Waals surface area contributed by atoms with Gasteiger partial charge in [-0.25, -0.2) is 9.59 Å². The third-order valence-corrected chi connectivity index (χ3v) is 3.69. The number of hydrogen-bond donors (Lipinski definition) is 2. The van der Waals surface area contributed by atoms with Gasteiger partial charge >= 0.3 is 12.1 Å². The van der Waals surface area contributed by atoms with Crippen LogP contribution in [0, 0.1) is 5.41 Å². The third-order valence-electron chi connectivity index (χ3n) is 3.69. The van der Waals surface area contributed by atoms with Crippen molar-refractivity contribution in [2.45, 2.75) is 45.3 Å². The molecule has 0 aromatic carbocycles. The van der Waals surface area contributed by atoms with E-state index in [1.54, 1.807) is 20.8 Å². The van der Waals surface area contributed by atoms with E-state index < -0.39 is 29.1 Å². The fourth-order valence-electron chi connectivity index (χ4n) is 2.70. The van der Waals surface area contributed by atoms with Gasteiger partial charge in [-0.05, 0) is 33.6 Å². The fraction of sp³-hybridized carbons (Fsp3) is 0.769. The van der Waals surface area contributed by atoms with E-state index in [4.69, 9.17) is 9.84 Å². The highest BCUT2D eigenvalue weighted by Gasteiger charge is 2.53. The molecule has 2 aliphatic rings. The normalized spacial score (nSPS) is 29.6. The van der Waals surface area contributed by atoms with Gasteiger partial charge in [0.2, 0.25) is 5.91 Å². The lowest BCUT2D eigenvalue weighted by atomic mass is 9.84. The number of carbonyl (C=O) groups is 3. The number of amides is 2. The molecule has 2 rings (SSSR count). The maximum Gasteiger partial charge on any atom is 0.410 e. The van der Waals surface area contributed by atoms with Gasteiger partial charge in [0.25, 0.3) is 0 Å². The lowest BCUT2D eigenvalue weighted by Crippen LogP contribution is -2.39. The molecule has 2 aliphatic heterocycles. The molecule has 7 heteroatoms. The summed E-state index contributed by atoms with van der Waals surface area (Å²) in [4.78, 5) is 36.4. The number of carboxylic acids is 1. The highest BCUT2D eigenvalue weighted by Crippen LogP contribution is 2.39. The van der Waals surface area contributed by atoms with E-state index in [1.807, 2.05) is 0 Å². The molecular weight excluding hydrogens is 264 g/mol. The second-order valence-corrected chi connectivity index (χ2v) is 6.50. The summed E-state index contributed by atoms with van der Waals surface area (Å²) in [5.74, 6) is -1.32. The minimum Gasteiger partial charge on any atom is -0.480 e. The predicted octanol–water partition coefficient (Wildman–Crippen LogP) is 0.587. The largest absolute Gasteiger partial charge is 0.480 e. The van der Waals surface area contributed by atoms with Crippen molar-refractivity contribution < 1.29 is 24.2 Å². The summed E-state index contributed by atoms with van der Waals surface area (Å²) in [7, 11) is 0. The van der Waals surface area contributed by atoms with Crippen LogP contribution >= 0.6 is 0 Å². The second-order valence-electron chi connectivity index (χ2n) is 6.50. The van der Waals surface area contributed by atoms with Gasteiger partial charge in [-0.1, -0.05) is 0 Å². The third kappa shape index (κ3) is 2.71. The van der Waals surface area contributed by atoms with Crippen molar-refractivity contribution in [3.63, 3.8) is 0 Å². The van der Waals surface area contributed by atoms with Crippen molar-refractivity contribution in [3.8, 4) is 0 Å². The molecule has 2 N–H and O–H groups in total. The lowest BCUT2D eigenvalue weighted by molar-refractivity contribution is -0.140. The number of likely N-dealkylation sites (tertiary alicyclic amines) is 1. The second kappa shape index (κ2) is 4.64. The van der Waals surface area contributed by atoms with Crippen molar-refractivity contribution >= 4 is 18.0 Å². The summed E-state index contributed by atoms with van der Waals surface area (Å²) >= 11 is 0. The van der Waals surface area contributed by atoms with Gasteiger partial charge in [-0.2, -0.15) is 0 Å². The molecule has 2 atom stereocenters. The zero-order valence-electron chi connectivity index (χ0n) is 11.9. The van der Waals surface area contributed by atoms with E-state index in [1.165, 1.54) is 4.90 Å². The summed E-state index contributed by atoms with van der Waals surface area (Å²) in [5.41, 5.74) is -1.37. The first kappa shape index (κ1) is 14.6. The molecule has 1 spiro atoms. The van der Waals surface area contributed by atoms with Crippen LogP contribution in [0.5, 0.6) is 0 Å². The molecule has 0 aromatic rings. The van der Waals surface area contributed by atoms with Crippen LogP contribution in [0.15, 0.2) is 0 Å². The number of aliphatic carboxylic acids is 1. The average molecular weight is 284 g/mol. The standard InChI is InChI=1S/C13H20N2O5/c1-12(2,3)20-11(19)15-5-4-13(7-15)6-8(9(16)17)14-10(13)18/h8H,4-7H2,1-3H3,(H,14,18)(H,16,17)/t8-,13+/m0/s1. The minimum atomic E-state index is -1.04. The zero-order valence-corrected chi connectivity index (χ0v) is 11.9. The van der Waals surface area contributed by atoms with Gasteiger partial charge in [0, 0.05) is 13.1 Å². The van der Waals surface area contributed by atoms with Crippen LogP contribution in [0.4, 0.5) is 4.79 Å². The Bertz CT molecular complexity index is 456. The molecule has 0 aliphatic carbocycles. The minimum absolute atomic E-state index is 0.220. The summed E-state index contributed by atoms with van der Waals surface area (Å²) in [6.07, 6.45) is 0.239. The summed E-state index contributed by atoms with van der Waals surface area (Å²) in [6.45, 7) is 5.96. The maximum atomic E-state index is 12.0. The van der Waals surface area contributed by atoms with Crippen LogP contribution in [-0.4, -0.2) is 52.7 Å². The first-order valence-electron chi connectivity index (χ1n) is 6.65. The Morgan fingerprint density at radius 2 is 2.10 bits per heavy atom. The smallest absolute Gasteiger partial charge is 0.410 e. The topological polar surface area (TPSA) is 95.9 Å². The number of rotatable bonds is 1. The van der Waals surface area contributed by atoms with Crippen LogP contribution in [0.25, 0.3) is 0 Å². The van der Waals surface area contributed by atoms with E-state index in [-0.39, 0.29) is 18.9 Å². The summed E-state index contributed by atoms with van der Waals surface area (Å²) in [6, 6.07) is -0.860. The Balaban J connectivity index is 2.03. The molecule has 0 radical (unpaired) electrons. The van der Waals surface area contributed by atoms with E-state index >= 15 is 0 Å². The Hall–Kier alpha value is -1.79. The van der Waals surface area contributed by atoms with E-state index in [9.17, 15) is 14.4 Å². The van der Waals surface area contributed by atoms with Crippen LogP contribution < -0.4 is 5.32 Å². The summed E-state index contributed by atoms with van der Waals surface area (Å²) < 4.78 is 5.27. The molecule has 0 bridgehead atoms. The number of hydrogen-bond acceptors (Lipinski definition) is 4. The first-order chi connectivity index (χ1) is 9.13. The quantitative estimate of drug-likeness (QED) is 0.734. The van der Waals surface area contributed by atoms with Crippen molar-refractivity contribution in [3.05, 3.63) is 0 Å². The highest BCUT2D eigenvalue weighted by atomic mass is 16.6. The summed E-state index contributed by atoms with van der Waals surface area (Å²) in [5, 5.41) is 11.5. The predicted molar refractivity (Wildman–Crippen MR) is 69.0 cm³/mol. The van der Waals surface area contributed by atoms with Crippen LogP contribution in [-0.2, 0) is 14.3 Å². The van der Waals surface area contributed by atoms with Crippen molar-refractivity contribution in [2.24, 2.45) is 5.41 Å². The maximum absolute atomic E-state index is 12.0. The van der Waals surface area contributed by atoms with Crippen LogP contribution in [0.3, 0.4) is 0 Å². The Kier molecular flexibility index (Phi) is 3.39. The number of nitrogens with one attached hydrogen (secondary N) is 1. The Morgan fingerprint density at radius 3 is 2.60 bits per heavy atom. The van der Waals surface area contributed by atoms with E-state index in [2.05, 4.69) is 5.32 Å². The lowest BCUT2D eigenvalue weighted by Gasteiger charge is -2.25. The average Bonchev–Trinajstić information content (AvgIpc) is 2.84. The Labute approximate surface area is 117 Å². The van der Waals surface area contributed by atoms with Gasteiger partial charge in [0.1, 0.15) is 11.6 Å². The van der Waals surface area contributed by atoms with Gasteiger partial charge in [0.15, 0.2) is 0 Å². The molecule has 7 nitrogen and oxygen atoms in total. The van der Waals surface area contributed by atoms with E-state index in [0.29, 0.717) is 13.0 Å². The number of carbonyl (C=O) groups excluding carboxylic acids is 2. The zero-order chi connectivity index (χ0) is 15.1. The molecular formula is C13H20N2O5. The van der Waals surface area contributed by atoms with Crippen LogP contribution in [0.1, 0.15) is 33.6 Å². The van der Waals surface area contributed by atoms with E-state index in [0.717, 1.165) is 0 Å². The molecule has 2 heterocycles. The first-order valence-corrected chi connectivity index (χ1v) is 6.65. The highest BCUT2D eigenvalue weighted by molar-refractivity contribution is 5.92. The molecule has 0 aromatic heterocycles. The molecule has 2 fully saturated rings. The SMILES string of the molecule is CC(C)(C)OC(=O)N1CC[C@@]2(C[C@@H](C(=O)O)NC2=O)C1. The molecule has 2 saturated heterocycles. The molecule has 112 valence electrons. The van der Waals surface area contributed by atoms with Crippen LogP contribution in [0.2, 0.25) is 0 Å². The van der Waals surface area contributed by atoms with Crippen molar-refractivity contribution in [1.82, 2.24) is 10.2 Å². The van der Waals surface area contributed by atoms with Crippen molar-refractivity contribution in [2.75, 3.05) is 13.1 Å². The van der Waals surface area contributed by atoms with Gasteiger partial charge in [-0.3, -0.25) is 4.79 Å². The number of nitrogens with zero attached hydrogens (tertiary/aromatic N) is 1. The molecule has 0 saturated carbocycles. The van der Waals surface area contributed by atoms with Gasteiger partial charge < -0.3 is 20.1 Å². The van der Waals surface area contributed by atoms with Gasteiger partial charge in [0.05, 0.1) is 5.41 Å². The number of carboxylic acid groups (broad SMARTS) is 1. The fourth-order valence-corrected chi connectivity index (χ4v) is 2.70. The van der Waals surface area contributed by atoms with Gasteiger partial charge in [-0.15, -0.1) is 0 Å². The number of ether oxygens (including phenoxy) is 1. The monoisotopic (exact) mass is 284 g/mol. The Morgan fingerprint density at radius 1 is 1.45 bits per heavy atom.